The second-order valence-corrected chi connectivity index (χ2v) is 6.61. The van der Waals surface area contributed by atoms with E-state index in [-0.39, 0.29) is 33.3 Å². The standard InChI is InChI=1S/C19H18N2O8S/c1-27-16(22)11-30-15-8-7-12(10-14(15)21(25)26)20-9-5-4-6-13(18(23)28-2)17(20)19(24)29-3/h4-10H,11H2,1-3H3. The summed E-state index contributed by atoms with van der Waals surface area (Å²) in [6.07, 6.45) is 5.90. The molecule has 0 spiro atoms. The largest absolute Gasteiger partial charge is 0.468 e. The number of hydrogen-bond acceptors (Lipinski definition) is 10. The Morgan fingerprint density at radius 1 is 1.07 bits per heavy atom. The van der Waals surface area contributed by atoms with Crippen molar-refractivity contribution in [3.63, 3.8) is 0 Å². The third kappa shape index (κ3) is 5.06. The lowest BCUT2D eigenvalue weighted by Gasteiger charge is -2.23. The minimum atomic E-state index is -0.835. The van der Waals surface area contributed by atoms with Gasteiger partial charge >= 0.3 is 17.9 Å². The number of anilines is 1. The first-order valence-electron chi connectivity index (χ1n) is 8.37. The van der Waals surface area contributed by atoms with Crippen molar-refractivity contribution in [1.82, 2.24) is 0 Å². The molecule has 30 heavy (non-hydrogen) atoms. The molecule has 0 saturated heterocycles. The first-order valence-corrected chi connectivity index (χ1v) is 9.35. The van der Waals surface area contributed by atoms with Crippen LogP contribution in [0.1, 0.15) is 0 Å². The van der Waals surface area contributed by atoms with E-state index in [1.54, 1.807) is 6.08 Å². The third-order valence-electron chi connectivity index (χ3n) is 3.88. The SMILES string of the molecule is COC(=O)CSc1ccc(N2C=CC=CC(C(=O)OC)=C2C(=O)OC)cc1[N+](=O)[O-]. The molecule has 10 nitrogen and oxygen atoms in total. The number of allylic oxidation sites excluding steroid dienone is 2. The van der Waals surface area contributed by atoms with Gasteiger partial charge in [-0.3, -0.25) is 14.9 Å². The van der Waals surface area contributed by atoms with Gasteiger partial charge in [-0.1, -0.05) is 6.08 Å². The molecule has 0 aliphatic carbocycles. The fourth-order valence-electron chi connectivity index (χ4n) is 2.48. The molecule has 1 aromatic rings. The molecule has 1 aliphatic heterocycles. The first kappa shape index (κ1) is 22.7. The van der Waals surface area contributed by atoms with Gasteiger partial charge in [-0.05, 0) is 24.3 Å². The Labute approximate surface area is 175 Å². The van der Waals surface area contributed by atoms with Crippen LogP contribution in [0.5, 0.6) is 0 Å². The van der Waals surface area contributed by atoms with Gasteiger partial charge in [0.15, 0.2) is 0 Å². The molecule has 158 valence electrons. The third-order valence-corrected chi connectivity index (χ3v) is 4.92. The highest BCUT2D eigenvalue weighted by Gasteiger charge is 2.29. The summed E-state index contributed by atoms with van der Waals surface area (Å²) in [6.45, 7) is 0. The second-order valence-electron chi connectivity index (χ2n) is 5.59. The molecular weight excluding hydrogens is 416 g/mol. The van der Waals surface area contributed by atoms with Crippen LogP contribution in [-0.2, 0) is 28.6 Å². The highest BCUT2D eigenvalue weighted by Crippen LogP contribution is 2.35. The summed E-state index contributed by atoms with van der Waals surface area (Å²) < 4.78 is 14.1. The number of benzene rings is 1. The molecule has 11 heteroatoms. The smallest absolute Gasteiger partial charge is 0.355 e. The van der Waals surface area contributed by atoms with E-state index in [4.69, 9.17) is 9.47 Å². The lowest BCUT2D eigenvalue weighted by Crippen LogP contribution is -2.27. The number of thioether (sulfide) groups is 1. The average molecular weight is 434 g/mol. The van der Waals surface area contributed by atoms with Gasteiger partial charge < -0.3 is 19.1 Å². The molecule has 0 N–H and O–H groups in total. The Kier molecular flexibility index (Phi) is 7.76. The normalized spacial score (nSPS) is 13.0. The van der Waals surface area contributed by atoms with Crippen molar-refractivity contribution >= 4 is 41.0 Å². The number of rotatable bonds is 7. The van der Waals surface area contributed by atoms with Crippen molar-refractivity contribution in [2.45, 2.75) is 4.90 Å². The van der Waals surface area contributed by atoms with Crippen LogP contribution in [0.4, 0.5) is 11.4 Å². The number of hydrogen-bond donors (Lipinski definition) is 0. The van der Waals surface area contributed by atoms with Gasteiger partial charge in [0.1, 0.15) is 5.70 Å². The Balaban J connectivity index is 2.58. The highest BCUT2D eigenvalue weighted by molar-refractivity contribution is 8.00. The van der Waals surface area contributed by atoms with E-state index in [0.29, 0.717) is 0 Å². The maximum atomic E-state index is 12.4. The number of nitro groups is 1. The number of ether oxygens (including phenoxy) is 3. The Morgan fingerprint density at radius 3 is 2.37 bits per heavy atom. The Morgan fingerprint density at radius 2 is 1.77 bits per heavy atom. The van der Waals surface area contributed by atoms with Gasteiger partial charge in [0.2, 0.25) is 0 Å². The lowest BCUT2D eigenvalue weighted by molar-refractivity contribution is -0.387. The number of nitro benzene ring substituents is 1. The molecule has 0 saturated carbocycles. The highest BCUT2D eigenvalue weighted by atomic mass is 32.2. The number of carbonyl (C=O) groups excluding carboxylic acids is 3. The fraction of sp³-hybridized carbons (Fsp3) is 0.211. The zero-order chi connectivity index (χ0) is 22.3. The predicted molar refractivity (Wildman–Crippen MR) is 108 cm³/mol. The zero-order valence-electron chi connectivity index (χ0n) is 16.3. The zero-order valence-corrected chi connectivity index (χ0v) is 17.1. The van der Waals surface area contributed by atoms with Crippen LogP contribution in [-0.4, -0.2) is 49.9 Å². The van der Waals surface area contributed by atoms with Crippen LogP contribution >= 0.6 is 11.8 Å². The second kappa shape index (κ2) is 10.3. The van der Waals surface area contributed by atoms with Crippen molar-refractivity contribution in [3.05, 3.63) is 64.0 Å². The van der Waals surface area contributed by atoms with Gasteiger partial charge in [-0.2, -0.15) is 0 Å². The number of methoxy groups -OCH3 is 3. The summed E-state index contributed by atoms with van der Waals surface area (Å²) in [4.78, 5) is 48.5. The quantitative estimate of drug-likeness (QED) is 0.207. The van der Waals surface area contributed by atoms with Crippen molar-refractivity contribution in [1.29, 1.82) is 0 Å². The maximum absolute atomic E-state index is 12.4. The molecule has 1 aliphatic rings. The van der Waals surface area contributed by atoms with Crippen molar-refractivity contribution in [2.24, 2.45) is 0 Å². The Hall–Kier alpha value is -3.60. The molecular formula is C19H18N2O8S. The van der Waals surface area contributed by atoms with Crippen LogP contribution in [0, 0.1) is 10.1 Å². The van der Waals surface area contributed by atoms with Gasteiger partial charge in [-0.25, -0.2) is 9.59 Å². The van der Waals surface area contributed by atoms with E-state index in [0.717, 1.165) is 18.9 Å². The van der Waals surface area contributed by atoms with Crippen LogP contribution in [0.15, 0.2) is 58.8 Å². The molecule has 0 aromatic heterocycles. The van der Waals surface area contributed by atoms with Crippen molar-refractivity contribution in [3.8, 4) is 0 Å². The number of carbonyl (C=O) groups is 3. The van der Waals surface area contributed by atoms with Gasteiger partial charge in [0, 0.05) is 12.3 Å². The van der Waals surface area contributed by atoms with Crippen LogP contribution < -0.4 is 4.90 Å². The minimum Gasteiger partial charge on any atom is -0.468 e. The monoisotopic (exact) mass is 434 g/mol. The molecule has 0 unspecified atom stereocenters. The van der Waals surface area contributed by atoms with E-state index in [2.05, 4.69) is 4.74 Å². The van der Waals surface area contributed by atoms with E-state index < -0.39 is 22.8 Å². The topological polar surface area (TPSA) is 125 Å². The number of nitrogens with zero attached hydrogens (tertiary/aromatic N) is 2. The van der Waals surface area contributed by atoms with Crippen LogP contribution in [0.25, 0.3) is 0 Å². The van der Waals surface area contributed by atoms with Crippen LogP contribution in [0.3, 0.4) is 0 Å². The van der Waals surface area contributed by atoms with Gasteiger partial charge in [0.05, 0.1) is 48.2 Å². The lowest BCUT2D eigenvalue weighted by atomic mass is 10.1. The molecule has 0 bridgehead atoms. The molecule has 0 atom stereocenters. The summed E-state index contributed by atoms with van der Waals surface area (Å²) >= 11 is 0.945. The summed E-state index contributed by atoms with van der Waals surface area (Å²) in [7, 11) is 3.54. The molecule has 1 aromatic carbocycles. The summed E-state index contributed by atoms with van der Waals surface area (Å²) in [5.74, 6) is -2.25. The van der Waals surface area contributed by atoms with E-state index >= 15 is 0 Å². The van der Waals surface area contributed by atoms with Gasteiger partial charge in [-0.15, -0.1) is 11.8 Å². The number of esters is 3. The predicted octanol–water partition coefficient (Wildman–Crippen LogP) is 2.35. The van der Waals surface area contributed by atoms with E-state index in [1.165, 1.54) is 55.7 Å². The van der Waals surface area contributed by atoms with Gasteiger partial charge in [0.25, 0.3) is 5.69 Å². The van der Waals surface area contributed by atoms with Crippen molar-refractivity contribution < 1.29 is 33.5 Å². The molecule has 0 amide bonds. The first-order chi connectivity index (χ1) is 14.3. The summed E-state index contributed by atoms with van der Waals surface area (Å²) in [6, 6.07) is 4.19. The van der Waals surface area contributed by atoms with E-state index in [1.807, 2.05) is 0 Å². The molecule has 1 heterocycles. The summed E-state index contributed by atoms with van der Waals surface area (Å²) in [5, 5.41) is 11.6. The molecule has 0 fully saturated rings. The maximum Gasteiger partial charge on any atom is 0.355 e. The fourth-order valence-corrected chi connectivity index (χ4v) is 3.32. The summed E-state index contributed by atoms with van der Waals surface area (Å²) in [5.41, 5.74) is -0.304. The van der Waals surface area contributed by atoms with Crippen molar-refractivity contribution in [2.75, 3.05) is 32.0 Å². The van der Waals surface area contributed by atoms with Crippen LogP contribution in [0.2, 0.25) is 0 Å². The molecule has 0 radical (unpaired) electrons. The minimum absolute atomic E-state index is 0.0823. The average Bonchev–Trinajstić information content (AvgIpc) is 2.99. The molecule has 2 rings (SSSR count). The Bertz CT molecular complexity index is 967. The van der Waals surface area contributed by atoms with E-state index in [9.17, 15) is 24.5 Å².